The lowest BCUT2D eigenvalue weighted by molar-refractivity contribution is 0.414. The van der Waals surface area contributed by atoms with Crippen LogP contribution in [0.5, 0.6) is 5.75 Å². The molecule has 112 valence electrons. The van der Waals surface area contributed by atoms with Gasteiger partial charge in [0.2, 0.25) is 0 Å². The lowest BCUT2D eigenvalue weighted by Gasteiger charge is -2.23. The Kier molecular flexibility index (Phi) is 4.68. The van der Waals surface area contributed by atoms with E-state index in [4.69, 9.17) is 4.74 Å². The molecule has 2 rings (SSSR count). The fourth-order valence-electron chi connectivity index (χ4n) is 2.28. The van der Waals surface area contributed by atoms with Gasteiger partial charge < -0.3 is 4.74 Å². The monoisotopic (exact) mass is 304 g/mol. The Hall–Kier alpha value is -1.40. The number of rotatable bonds is 3. The third kappa shape index (κ3) is 3.63. The molecule has 0 saturated heterocycles. The first-order valence-corrected chi connectivity index (χ1v) is 8.03. The molecule has 1 nitrogen and oxygen atoms in total. The Bertz CT molecular complexity index is 644. The van der Waals surface area contributed by atoms with Gasteiger partial charge in [-0.3, -0.25) is 0 Å². The third-order valence-electron chi connectivity index (χ3n) is 3.49. The lowest BCUT2D eigenvalue weighted by Crippen LogP contribution is -2.17. The molecule has 3 heteroatoms. The van der Waals surface area contributed by atoms with Crippen LogP contribution in [-0.2, 0) is 5.41 Å². The smallest absolute Gasteiger partial charge is 0.130 e. The molecule has 2 aromatic carbocycles. The first kappa shape index (κ1) is 16.0. The van der Waals surface area contributed by atoms with E-state index < -0.39 is 0 Å². The molecule has 0 aliphatic rings. The van der Waals surface area contributed by atoms with Gasteiger partial charge in [-0.1, -0.05) is 53.6 Å². The number of hydrogen-bond acceptors (Lipinski definition) is 1. The molecule has 0 bridgehead atoms. The molecule has 0 aliphatic carbocycles. The van der Waals surface area contributed by atoms with Crippen molar-refractivity contribution in [3.05, 3.63) is 53.3 Å². The summed E-state index contributed by atoms with van der Waals surface area (Å²) in [7, 11) is 1.93. The van der Waals surface area contributed by atoms with E-state index >= 15 is 0 Å². The largest absolute Gasteiger partial charge is 0.496 e. The van der Waals surface area contributed by atoms with Gasteiger partial charge in [-0.05, 0) is 35.6 Å². The number of benzene rings is 2. The van der Waals surface area contributed by atoms with Crippen molar-refractivity contribution in [1.29, 1.82) is 0 Å². The molecule has 0 aliphatic heterocycles. The summed E-state index contributed by atoms with van der Waals surface area (Å²) in [5.74, 6) is 0.710. The van der Waals surface area contributed by atoms with Crippen LogP contribution in [0.3, 0.4) is 0 Å². The normalized spacial score (nSPS) is 12.1. The van der Waals surface area contributed by atoms with E-state index in [-0.39, 0.29) is 19.8 Å². The molecule has 2 aromatic rings. The zero-order valence-corrected chi connectivity index (χ0v) is 14.3. The maximum absolute atomic E-state index is 13.9. The highest BCUT2D eigenvalue weighted by Gasteiger charge is 2.18. The van der Waals surface area contributed by atoms with E-state index in [0.29, 0.717) is 0 Å². The van der Waals surface area contributed by atoms with E-state index in [1.54, 1.807) is 13.2 Å². The van der Waals surface area contributed by atoms with Gasteiger partial charge in [0.15, 0.2) is 0 Å². The van der Waals surface area contributed by atoms with Crippen LogP contribution < -0.4 is 15.3 Å². The second-order valence-electron chi connectivity index (χ2n) is 6.23. The van der Waals surface area contributed by atoms with Crippen molar-refractivity contribution in [2.24, 2.45) is 0 Å². The molecule has 0 aromatic heterocycles. The van der Waals surface area contributed by atoms with Gasteiger partial charge in [-0.2, -0.15) is 0 Å². The maximum Gasteiger partial charge on any atom is 0.130 e. The molecule has 0 heterocycles. The number of ether oxygens (including phenoxy) is 1. The number of halogens is 1. The zero-order chi connectivity index (χ0) is 15.6. The van der Waals surface area contributed by atoms with Gasteiger partial charge in [0.1, 0.15) is 11.6 Å². The molecule has 0 amide bonds. The number of hydrogen-bond donors (Lipinski definition) is 0. The predicted molar refractivity (Wildman–Crippen MR) is 90.4 cm³/mol. The highest BCUT2D eigenvalue weighted by atomic mass is 31.1. The van der Waals surface area contributed by atoms with Crippen molar-refractivity contribution in [1.82, 2.24) is 0 Å². The van der Waals surface area contributed by atoms with Crippen LogP contribution in [0.25, 0.3) is 0 Å². The second kappa shape index (κ2) is 6.15. The summed E-state index contributed by atoms with van der Waals surface area (Å²) in [6, 6.07) is 11.3. The number of aryl methyl sites for hydroxylation is 1. The van der Waals surface area contributed by atoms with Crippen molar-refractivity contribution in [2.75, 3.05) is 7.11 Å². The van der Waals surface area contributed by atoms with Crippen molar-refractivity contribution in [3.63, 3.8) is 0 Å². The van der Waals surface area contributed by atoms with Crippen LogP contribution in [-0.4, -0.2) is 7.11 Å². The van der Waals surface area contributed by atoms with Crippen LogP contribution in [0.2, 0.25) is 0 Å². The average molecular weight is 304 g/mol. The highest BCUT2D eigenvalue weighted by Crippen LogP contribution is 2.30. The van der Waals surface area contributed by atoms with Crippen LogP contribution in [0.1, 0.15) is 31.9 Å². The Labute approximate surface area is 128 Å². The molecule has 1 atom stereocenters. The van der Waals surface area contributed by atoms with Crippen LogP contribution in [0.4, 0.5) is 4.39 Å². The van der Waals surface area contributed by atoms with E-state index in [1.165, 1.54) is 11.6 Å². The fourth-order valence-corrected chi connectivity index (χ4v) is 3.59. The highest BCUT2D eigenvalue weighted by molar-refractivity contribution is 7.55. The second-order valence-corrected chi connectivity index (χ2v) is 7.56. The van der Waals surface area contributed by atoms with Crippen molar-refractivity contribution >= 4 is 19.2 Å². The Balaban J connectivity index is 2.51. The van der Waals surface area contributed by atoms with E-state index in [0.717, 1.165) is 21.9 Å². The summed E-state index contributed by atoms with van der Waals surface area (Å²) in [6.45, 7) is 8.60. The quantitative estimate of drug-likeness (QED) is 0.777. The first-order valence-electron chi connectivity index (χ1n) is 7.03. The summed E-state index contributed by atoms with van der Waals surface area (Å²) in [5, 5.41) is 1.79. The molecule has 0 spiro atoms. The molecule has 1 unspecified atom stereocenters. The fraction of sp³-hybridized carbons (Fsp3) is 0.333. The molecule has 0 N–H and O–H groups in total. The lowest BCUT2D eigenvalue weighted by atomic mass is 9.86. The predicted octanol–water partition coefficient (Wildman–Crippen LogP) is 4.07. The van der Waals surface area contributed by atoms with Crippen molar-refractivity contribution in [2.45, 2.75) is 33.1 Å². The van der Waals surface area contributed by atoms with Gasteiger partial charge >= 0.3 is 0 Å². The van der Waals surface area contributed by atoms with Crippen LogP contribution >= 0.6 is 8.58 Å². The Morgan fingerprint density at radius 3 is 2.29 bits per heavy atom. The number of methoxy groups -OCH3 is 1. The molecular weight excluding hydrogens is 282 g/mol. The third-order valence-corrected chi connectivity index (χ3v) is 4.80. The SMILES string of the molecule is COc1c(C)cc(C(C)(C)C)cc1Pc1ccccc1F. The van der Waals surface area contributed by atoms with Gasteiger partial charge in [-0.25, -0.2) is 4.39 Å². The Morgan fingerprint density at radius 2 is 1.71 bits per heavy atom. The van der Waals surface area contributed by atoms with E-state index in [1.807, 2.05) is 19.1 Å². The van der Waals surface area contributed by atoms with E-state index in [9.17, 15) is 4.39 Å². The summed E-state index contributed by atoms with van der Waals surface area (Å²) in [4.78, 5) is 0. The summed E-state index contributed by atoms with van der Waals surface area (Å²) < 4.78 is 19.5. The molecule has 0 radical (unpaired) electrons. The van der Waals surface area contributed by atoms with Crippen molar-refractivity contribution < 1.29 is 9.13 Å². The minimum Gasteiger partial charge on any atom is -0.496 e. The van der Waals surface area contributed by atoms with Gasteiger partial charge in [0.25, 0.3) is 0 Å². The van der Waals surface area contributed by atoms with Gasteiger partial charge in [0.05, 0.1) is 7.11 Å². The van der Waals surface area contributed by atoms with Crippen LogP contribution in [0.15, 0.2) is 36.4 Å². The average Bonchev–Trinajstić information content (AvgIpc) is 2.40. The zero-order valence-electron chi connectivity index (χ0n) is 13.3. The molecular formula is C18H22FOP. The summed E-state index contributed by atoms with van der Waals surface area (Å²) >= 11 is 0. The summed E-state index contributed by atoms with van der Waals surface area (Å²) in [6.07, 6.45) is 0. The molecule has 21 heavy (non-hydrogen) atoms. The maximum atomic E-state index is 13.9. The van der Waals surface area contributed by atoms with E-state index in [2.05, 4.69) is 32.9 Å². The molecule has 0 fully saturated rings. The van der Waals surface area contributed by atoms with Crippen molar-refractivity contribution in [3.8, 4) is 5.75 Å². The Morgan fingerprint density at radius 1 is 1.05 bits per heavy atom. The molecule has 0 saturated carbocycles. The minimum absolute atomic E-state index is 0.0610. The summed E-state index contributed by atoms with van der Waals surface area (Å²) in [5.41, 5.74) is 2.41. The first-order chi connectivity index (χ1) is 9.82. The van der Waals surface area contributed by atoms with Gasteiger partial charge in [0, 0.05) is 10.6 Å². The minimum atomic E-state index is -0.156. The standard InChI is InChI=1S/C18H22FOP/c1-12-10-13(18(2,3)4)11-16(17(12)20-5)21-15-9-7-6-8-14(15)19/h6-11,21H,1-5H3. The topological polar surface area (TPSA) is 9.23 Å². The van der Waals surface area contributed by atoms with Crippen LogP contribution in [0, 0.1) is 12.7 Å². The van der Waals surface area contributed by atoms with Gasteiger partial charge in [-0.15, -0.1) is 0 Å².